The van der Waals surface area contributed by atoms with E-state index in [0.29, 0.717) is 5.56 Å². The van der Waals surface area contributed by atoms with Crippen LogP contribution >= 0.6 is 22.6 Å². The van der Waals surface area contributed by atoms with Crippen LogP contribution < -0.4 is 10.3 Å². The van der Waals surface area contributed by atoms with Crippen molar-refractivity contribution in [2.24, 2.45) is 0 Å². The minimum absolute atomic E-state index is 0.0508. The van der Waals surface area contributed by atoms with Crippen molar-refractivity contribution in [3.63, 3.8) is 0 Å². The third-order valence-electron chi connectivity index (χ3n) is 3.57. The van der Waals surface area contributed by atoms with Gasteiger partial charge in [0.05, 0.1) is 6.54 Å². The van der Waals surface area contributed by atoms with Gasteiger partial charge in [-0.3, -0.25) is 9.36 Å². The fraction of sp³-hybridized carbons (Fsp3) is 0.111. The lowest BCUT2D eigenvalue weighted by Crippen LogP contribution is -2.24. The topological polar surface area (TPSA) is 44.1 Å². The number of ether oxygens (including phenoxy) is 1. The number of rotatable bonds is 5. The maximum Gasteiger partial charge on any atom is 0.271 e. The molecule has 0 atom stereocenters. The summed E-state index contributed by atoms with van der Waals surface area (Å²) in [6, 6.07) is 9.06. The van der Waals surface area contributed by atoms with Crippen LogP contribution in [0.5, 0.6) is 5.88 Å². The Kier molecular flexibility index (Phi) is 5.60. The average Bonchev–Trinajstić information content (AvgIpc) is 2.60. The van der Waals surface area contributed by atoms with Gasteiger partial charge in [-0.1, -0.05) is 12.1 Å². The Morgan fingerprint density at radius 3 is 2.58 bits per heavy atom. The second-order valence-electron chi connectivity index (χ2n) is 5.45. The van der Waals surface area contributed by atoms with Crippen molar-refractivity contribution in [2.75, 3.05) is 0 Å². The summed E-state index contributed by atoms with van der Waals surface area (Å²) in [5.74, 6) is -1.76. The third-order valence-corrected chi connectivity index (χ3v) is 4.50. The van der Waals surface area contributed by atoms with Gasteiger partial charge in [-0.2, -0.15) is 0 Å². The highest BCUT2D eigenvalue weighted by Gasteiger charge is 2.12. The molecule has 0 saturated carbocycles. The van der Waals surface area contributed by atoms with Gasteiger partial charge in [-0.25, -0.2) is 18.2 Å². The first kappa shape index (κ1) is 18.4. The fourth-order valence-corrected chi connectivity index (χ4v) is 2.88. The SMILES string of the molecule is O=c1c(I)c(OCc2ccc(F)cc2F)ncn1Cc1cccc(F)c1. The van der Waals surface area contributed by atoms with E-state index in [1.807, 2.05) is 0 Å². The second-order valence-corrected chi connectivity index (χ2v) is 6.53. The van der Waals surface area contributed by atoms with Crippen LogP contribution in [-0.2, 0) is 13.2 Å². The molecule has 0 amide bonds. The number of hydrogen-bond donors (Lipinski definition) is 0. The molecule has 1 aromatic heterocycles. The van der Waals surface area contributed by atoms with Crippen LogP contribution in [0.2, 0.25) is 0 Å². The van der Waals surface area contributed by atoms with Gasteiger partial charge < -0.3 is 4.74 Å². The van der Waals surface area contributed by atoms with Crippen molar-refractivity contribution in [3.8, 4) is 5.88 Å². The molecule has 0 bridgehead atoms. The molecular formula is C18H12F3IN2O2. The van der Waals surface area contributed by atoms with E-state index in [9.17, 15) is 18.0 Å². The lowest BCUT2D eigenvalue weighted by atomic mass is 10.2. The van der Waals surface area contributed by atoms with E-state index in [0.717, 1.165) is 12.1 Å². The Hall–Kier alpha value is -2.36. The molecule has 0 N–H and O–H groups in total. The molecule has 0 saturated heterocycles. The maximum absolute atomic E-state index is 13.6. The van der Waals surface area contributed by atoms with Crippen molar-refractivity contribution < 1.29 is 17.9 Å². The normalized spacial score (nSPS) is 10.8. The number of nitrogens with zero attached hydrogens (tertiary/aromatic N) is 2. The summed E-state index contributed by atoms with van der Waals surface area (Å²) >= 11 is 1.79. The van der Waals surface area contributed by atoms with Gasteiger partial charge in [0.1, 0.15) is 34.0 Å². The van der Waals surface area contributed by atoms with Gasteiger partial charge in [-0.05, 0) is 52.4 Å². The minimum atomic E-state index is -0.737. The van der Waals surface area contributed by atoms with Crippen LogP contribution in [0.4, 0.5) is 13.2 Å². The Bertz CT molecular complexity index is 1010. The molecule has 134 valence electrons. The number of benzene rings is 2. The molecule has 8 heteroatoms. The van der Waals surface area contributed by atoms with Gasteiger partial charge in [0.25, 0.3) is 5.56 Å². The lowest BCUT2D eigenvalue weighted by molar-refractivity contribution is 0.283. The first-order valence-electron chi connectivity index (χ1n) is 7.50. The molecule has 0 fully saturated rings. The van der Waals surface area contributed by atoms with E-state index in [4.69, 9.17) is 4.74 Å². The summed E-state index contributed by atoms with van der Waals surface area (Å²) in [5, 5.41) is 0. The average molecular weight is 472 g/mol. The zero-order chi connectivity index (χ0) is 18.7. The van der Waals surface area contributed by atoms with E-state index < -0.39 is 11.6 Å². The van der Waals surface area contributed by atoms with Crippen molar-refractivity contribution in [3.05, 3.63) is 91.3 Å². The molecule has 0 aliphatic heterocycles. The molecule has 0 radical (unpaired) electrons. The summed E-state index contributed by atoms with van der Waals surface area (Å²) in [4.78, 5) is 16.5. The standard InChI is InChI=1S/C18H12F3IN2O2/c19-13-3-1-2-11(6-13)8-24-10-23-17(16(22)18(24)25)26-9-12-4-5-14(20)7-15(12)21/h1-7,10H,8-9H2. The molecule has 1 heterocycles. The molecule has 26 heavy (non-hydrogen) atoms. The minimum Gasteiger partial charge on any atom is -0.472 e. The Morgan fingerprint density at radius 2 is 1.85 bits per heavy atom. The van der Waals surface area contributed by atoms with Crippen LogP contribution in [0.15, 0.2) is 53.6 Å². The highest BCUT2D eigenvalue weighted by atomic mass is 127. The zero-order valence-electron chi connectivity index (χ0n) is 13.3. The molecule has 3 rings (SSSR count). The van der Waals surface area contributed by atoms with Crippen LogP contribution in [0.25, 0.3) is 0 Å². The van der Waals surface area contributed by atoms with Gasteiger partial charge >= 0.3 is 0 Å². The summed E-state index contributed by atoms with van der Waals surface area (Å²) in [7, 11) is 0. The Balaban J connectivity index is 1.78. The first-order chi connectivity index (χ1) is 12.4. The molecule has 0 spiro atoms. The zero-order valence-corrected chi connectivity index (χ0v) is 15.4. The number of halogens is 4. The van der Waals surface area contributed by atoms with Gasteiger partial charge in [0, 0.05) is 11.6 Å². The quantitative estimate of drug-likeness (QED) is 0.530. The van der Waals surface area contributed by atoms with E-state index >= 15 is 0 Å². The van der Waals surface area contributed by atoms with Crippen LogP contribution in [0.3, 0.4) is 0 Å². The van der Waals surface area contributed by atoms with Crippen LogP contribution in [0.1, 0.15) is 11.1 Å². The summed E-state index contributed by atoms with van der Waals surface area (Å²) in [6.07, 6.45) is 1.28. The highest BCUT2D eigenvalue weighted by Crippen LogP contribution is 2.17. The summed E-state index contributed by atoms with van der Waals surface area (Å²) in [6.45, 7) is -0.0328. The lowest BCUT2D eigenvalue weighted by Gasteiger charge is -2.11. The molecule has 2 aromatic carbocycles. The predicted molar refractivity (Wildman–Crippen MR) is 97.4 cm³/mol. The molecule has 0 unspecified atom stereocenters. The monoisotopic (exact) mass is 472 g/mol. The summed E-state index contributed by atoms with van der Waals surface area (Å²) < 4.78 is 46.7. The van der Waals surface area contributed by atoms with E-state index in [-0.39, 0.29) is 39.5 Å². The third kappa shape index (κ3) is 4.24. The summed E-state index contributed by atoms with van der Waals surface area (Å²) in [5.41, 5.74) is 0.402. The Labute approximate surface area is 160 Å². The fourth-order valence-electron chi connectivity index (χ4n) is 2.28. The van der Waals surface area contributed by atoms with Crippen molar-refractivity contribution in [2.45, 2.75) is 13.2 Å². The molecular weight excluding hydrogens is 460 g/mol. The van der Waals surface area contributed by atoms with E-state index in [2.05, 4.69) is 4.98 Å². The van der Waals surface area contributed by atoms with Gasteiger partial charge in [0.2, 0.25) is 5.88 Å². The van der Waals surface area contributed by atoms with Crippen molar-refractivity contribution in [1.29, 1.82) is 0 Å². The predicted octanol–water partition coefficient (Wildman–Crippen LogP) is 3.89. The van der Waals surface area contributed by atoms with Crippen LogP contribution in [0, 0.1) is 21.0 Å². The Morgan fingerprint density at radius 1 is 1.08 bits per heavy atom. The second kappa shape index (κ2) is 7.90. The largest absolute Gasteiger partial charge is 0.472 e. The maximum atomic E-state index is 13.6. The molecule has 4 nitrogen and oxygen atoms in total. The highest BCUT2D eigenvalue weighted by molar-refractivity contribution is 14.1. The van der Waals surface area contributed by atoms with Crippen LogP contribution in [-0.4, -0.2) is 9.55 Å². The number of aromatic nitrogens is 2. The van der Waals surface area contributed by atoms with E-state index in [1.165, 1.54) is 29.1 Å². The first-order valence-corrected chi connectivity index (χ1v) is 8.58. The number of hydrogen-bond acceptors (Lipinski definition) is 3. The van der Waals surface area contributed by atoms with Crippen molar-refractivity contribution in [1.82, 2.24) is 9.55 Å². The van der Waals surface area contributed by atoms with Crippen molar-refractivity contribution >= 4 is 22.6 Å². The van der Waals surface area contributed by atoms with Gasteiger partial charge in [0.15, 0.2) is 0 Å². The van der Waals surface area contributed by atoms with Gasteiger partial charge in [-0.15, -0.1) is 0 Å². The smallest absolute Gasteiger partial charge is 0.271 e. The molecule has 0 aliphatic carbocycles. The molecule has 0 aliphatic rings. The van der Waals surface area contributed by atoms with E-state index in [1.54, 1.807) is 34.7 Å². The molecule has 3 aromatic rings.